The van der Waals surface area contributed by atoms with Crippen LogP contribution in [0.5, 0.6) is 5.75 Å². The van der Waals surface area contributed by atoms with Crippen molar-refractivity contribution in [1.82, 2.24) is 0 Å². The van der Waals surface area contributed by atoms with Crippen LogP contribution in [0, 0.1) is 16.0 Å². The summed E-state index contributed by atoms with van der Waals surface area (Å²) in [5.74, 6) is -0.268. The average Bonchev–Trinajstić information content (AvgIpc) is 3.09. The summed E-state index contributed by atoms with van der Waals surface area (Å²) in [4.78, 5) is 36.1. The first-order valence-corrected chi connectivity index (χ1v) is 9.65. The van der Waals surface area contributed by atoms with Crippen LogP contribution in [0.1, 0.15) is 34.1 Å². The van der Waals surface area contributed by atoms with E-state index in [0.717, 1.165) is 24.8 Å². The monoisotopic (exact) mass is 404 g/mol. The third kappa shape index (κ3) is 4.30. The SMILES string of the molecule is COc1ccc([N+](=O)[O-])cc1NC(=O)COC(=O)c1csc2c1CC[C@H](C)C2. The molecular formula is C19H20N2O6S. The van der Waals surface area contributed by atoms with Crippen molar-refractivity contribution in [2.45, 2.75) is 26.2 Å². The van der Waals surface area contributed by atoms with Crippen molar-refractivity contribution in [2.75, 3.05) is 19.0 Å². The third-order valence-corrected chi connectivity index (χ3v) is 5.68. The number of ether oxygens (including phenoxy) is 2. The number of rotatable bonds is 6. The van der Waals surface area contributed by atoms with Crippen LogP contribution in [0.25, 0.3) is 0 Å². The number of carbonyl (C=O) groups is 2. The number of anilines is 1. The molecule has 1 amide bonds. The molecule has 0 spiro atoms. The van der Waals surface area contributed by atoms with E-state index >= 15 is 0 Å². The normalized spacial score (nSPS) is 15.4. The molecular weight excluding hydrogens is 384 g/mol. The molecule has 28 heavy (non-hydrogen) atoms. The number of nitrogens with one attached hydrogen (secondary N) is 1. The lowest BCUT2D eigenvalue weighted by molar-refractivity contribution is -0.384. The lowest BCUT2D eigenvalue weighted by atomic mass is 9.88. The third-order valence-electron chi connectivity index (χ3n) is 4.62. The summed E-state index contributed by atoms with van der Waals surface area (Å²) < 4.78 is 10.2. The number of nitro groups is 1. The molecule has 1 aromatic carbocycles. The molecule has 0 fully saturated rings. The van der Waals surface area contributed by atoms with Crippen LogP contribution < -0.4 is 10.1 Å². The van der Waals surface area contributed by atoms with Gasteiger partial charge in [-0.15, -0.1) is 11.3 Å². The van der Waals surface area contributed by atoms with Gasteiger partial charge in [0.25, 0.3) is 11.6 Å². The summed E-state index contributed by atoms with van der Waals surface area (Å²) in [6, 6.07) is 3.85. The topological polar surface area (TPSA) is 108 Å². The van der Waals surface area contributed by atoms with Crippen molar-refractivity contribution in [2.24, 2.45) is 5.92 Å². The second-order valence-corrected chi connectivity index (χ2v) is 7.63. The molecule has 0 saturated heterocycles. The maximum absolute atomic E-state index is 12.4. The quantitative estimate of drug-likeness (QED) is 0.448. The Kier molecular flexibility index (Phi) is 5.93. The highest BCUT2D eigenvalue weighted by Crippen LogP contribution is 2.33. The van der Waals surface area contributed by atoms with Crippen LogP contribution in [0.15, 0.2) is 23.6 Å². The van der Waals surface area contributed by atoms with Gasteiger partial charge < -0.3 is 14.8 Å². The number of esters is 1. The molecule has 1 heterocycles. The minimum Gasteiger partial charge on any atom is -0.495 e. The Bertz CT molecular complexity index is 923. The molecule has 0 radical (unpaired) electrons. The van der Waals surface area contributed by atoms with Crippen molar-refractivity contribution in [3.05, 3.63) is 49.7 Å². The molecule has 1 atom stereocenters. The van der Waals surface area contributed by atoms with E-state index in [0.29, 0.717) is 11.5 Å². The number of nitrogens with zero attached hydrogens (tertiary/aromatic N) is 1. The Hall–Kier alpha value is -2.94. The Labute approximate surface area is 165 Å². The largest absolute Gasteiger partial charge is 0.495 e. The van der Waals surface area contributed by atoms with E-state index < -0.39 is 23.4 Å². The number of hydrogen-bond acceptors (Lipinski definition) is 7. The maximum Gasteiger partial charge on any atom is 0.339 e. The molecule has 0 bridgehead atoms. The second kappa shape index (κ2) is 8.39. The van der Waals surface area contributed by atoms with Gasteiger partial charge >= 0.3 is 5.97 Å². The zero-order chi connectivity index (χ0) is 20.3. The summed E-state index contributed by atoms with van der Waals surface area (Å²) in [5, 5.41) is 15.2. The van der Waals surface area contributed by atoms with Crippen molar-refractivity contribution in [1.29, 1.82) is 0 Å². The average molecular weight is 404 g/mol. The highest BCUT2D eigenvalue weighted by atomic mass is 32.1. The van der Waals surface area contributed by atoms with Crippen LogP contribution in [-0.4, -0.2) is 30.5 Å². The van der Waals surface area contributed by atoms with Gasteiger partial charge in [0.15, 0.2) is 6.61 Å². The summed E-state index contributed by atoms with van der Waals surface area (Å²) in [6.07, 6.45) is 2.82. The van der Waals surface area contributed by atoms with E-state index in [9.17, 15) is 19.7 Å². The van der Waals surface area contributed by atoms with E-state index in [-0.39, 0.29) is 17.1 Å². The molecule has 8 nitrogen and oxygen atoms in total. The molecule has 3 rings (SSSR count). The Balaban J connectivity index is 1.63. The van der Waals surface area contributed by atoms with Gasteiger partial charge in [-0.05, 0) is 36.8 Å². The fraction of sp³-hybridized carbons (Fsp3) is 0.368. The molecule has 0 aliphatic heterocycles. The summed E-state index contributed by atoms with van der Waals surface area (Å²) in [5.41, 5.74) is 1.49. The molecule has 148 valence electrons. The van der Waals surface area contributed by atoms with E-state index in [1.54, 1.807) is 16.7 Å². The van der Waals surface area contributed by atoms with Crippen LogP contribution in [0.4, 0.5) is 11.4 Å². The molecule has 1 aromatic heterocycles. The van der Waals surface area contributed by atoms with E-state index in [1.165, 1.54) is 30.2 Å². The zero-order valence-corrected chi connectivity index (χ0v) is 16.3. The molecule has 2 aromatic rings. The lowest BCUT2D eigenvalue weighted by Crippen LogP contribution is -2.22. The molecule has 0 saturated carbocycles. The van der Waals surface area contributed by atoms with Crippen molar-refractivity contribution in [3.63, 3.8) is 0 Å². The molecule has 1 aliphatic carbocycles. The Morgan fingerprint density at radius 1 is 1.39 bits per heavy atom. The first kappa shape index (κ1) is 19.8. The predicted octanol–water partition coefficient (Wildman–Crippen LogP) is 3.59. The van der Waals surface area contributed by atoms with Gasteiger partial charge in [0.05, 0.1) is 23.3 Å². The number of non-ortho nitro benzene ring substituents is 1. The molecule has 9 heteroatoms. The number of amides is 1. The summed E-state index contributed by atoms with van der Waals surface area (Å²) in [7, 11) is 1.39. The minimum atomic E-state index is -0.607. The fourth-order valence-electron chi connectivity index (χ4n) is 3.15. The summed E-state index contributed by atoms with van der Waals surface area (Å²) >= 11 is 1.55. The number of nitro benzene ring substituents is 1. The van der Waals surface area contributed by atoms with Crippen LogP contribution in [-0.2, 0) is 22.4 Å². The molecule has 1 N–H and O–H groups in total. The van der Waals surface area contributed by atoms with Crippen molar-refractivity contribution >= 4 is 34.6 Å². The first-order chi connectivity index (χ1) is 13.4. The van der Waals surface area contributed by atoms with Gasteiger partial charge in [-0.25, -0.2) is 4.79 Å². The predicted molar refractivity (Wildman–Crippen MR) is 104 cm³/mol. The van der Waals surface area contributed by atoms with Crippen LogP contribution in [0.2, 0.25) is 0 Å². The smallest absolute Gasteiger partial charge is 0.339 e. The van der Waals surface area contributed by atoms with Gasteiger partial charge in [-0.1, -0.05) is 6.92 Å². The number of carbonyl (C=O) groups excluding carboxylic acids is 2. The van der Waals surface area contributed by atoms with Gasteiger partial charge in [0.1, 0.15) is 5.75 Å². The number of hydrogen-bond donors (Lipinski definition) is 1. The highest BCUT2D eigenvalue weighted by molar-refractivity contribution is 7.10. The Morgan fingerprint density at radius 2 is 2.18 bits per heavy atom. The number of thiophene rings is 1. The second-order valence-electron chi connectivity index (χ2n) is 6.67. The highest BCUT2D eigenvalue weighted by Gasteiger charge is 2.24. The number of fused-ring (bicyclic) bond motifs is 1. The van der Waals surface area contributed by atoms with Crippen molar-refractivity contribution in [3.8, 4) is 5.75 Å². The van der Waals surface area contributed by atoms with Gasteiger partial charge in [-0.3, -0.25) is 14.9 Å². The summed E-state index contributed by atoms with van der Waals surface area (Å²) in [6.45, 7) is 1.69. The Morgan fingerprint density at radius 3 is 2.89 bits per heavy atom. The first-order valence-electron chi connectivity index (χ1n) is 8.77. The van der Waals surface area contributed by atoms with E-state index in [2.05, 4.69) is 12.2 Å². The number of benzene rings is 1. The minimum absolute atomic E-state index is 0.139. The fourth-order valence-corrected chi connectivity index (χ4v) is 4.38. The zero-order valence-electron chi connectivity index (χ0n) is 15.5. The van der Waals surface area contributed by atoms with Crippen LogP contribution in [0.3, 0.4) is 0 Å². The molecule has 1 aliphatic rings. The standard InChI is InChI=1S/C19H20N2O6S/c1-11-3-5-13-14(10-28-17(13)7-11)19(23)27-9-18(22)20-15-8-12(21(24)25)4-6-16(15)26-2/h4,6,8,10-11H,3,5,7,9H2,1-2H3,(H,20,22)/t11-/m0/s1. The van der Waals surface area contributed by atoms with Crippen molar-refractivity contribution < 1.29 is 24.0 Å². The van der Waals surface area contributed by atoms with Gasteiger partial charge in [0, 0.05) is 22.4 Å². The van der Waals surface area contributed by atoms with Crippen LogP contribution >= 0.6 is 11.3 Å². The van der Waals surface area contributed by atoms with E-state index in [4.69, 9.17) is 9.47 Å². The van der Waals surface area contributed by atoms with E-state index in [1.807, 2.05) is 0 Å². The number of methoxy groups -OCH3 is 1. The maximum atomic E-state index is 12.4. The molecule has 0 unspecified atom stereocenters. The van der Waals surface area contributed by atoms with Gasteiger partial charge in [0.2, 0.25) is 0 Å². The lowest BCUT2D eigenvalue weighted by Gasteiger charge is -2.18. The van der Waals surface area contributed by atoms with Gasteiger partial charge in [-0.2, -0.15) is 0 Å².